The summed E-state index contributed by atoms with van der Waals surface area (Å²) in [6.45, 7) is 3.84. The van der Waals surface area contributed by atoms with E-state index in [4.69, 9.17) is 0 Å². The second-order valence-electron chi connectivity index (χ2n) is 5.66. The van der Waals surface area contributed by atoms with E-state index in [1.165, 1.54) is 6.07 Å². The van der Waals surface area contributed by atoms with E-state index in [0.717, 1.165) is 29.5 Å². The molecular formula is C18H22O4. The number of hydrogen-bond donors (Lipinski definition) is 4. The van der Waals surface area contributed by atoms with Gasteiger partial charge in [-0.05, 0) is 68.4 Å². The van der Waals surface area contributed by atoms with Crippen LogP contribution in [-0.2, 0) is 12.8 Å². The molecule has 0 saturated carbocycles. The van der Waals surface area contributed by atoms with Crippen molar-refractivity contribution in [2.45, 2.75) is 39.5 Å². The van der Waals surface area contributed by atoms with Gasteiger partial charge in [-0.3, -0.25) is 0 Å². The summed E-state index contributed by atoms with van der Waals surface area (Å²) in [5.41, 5.74) is 3.44. The van der Waals surface area contributed by atoms with Crippen molar-refractivity contribution in [3.05, 3.63) is 46.5 Å². The molecule has 0 amide bonds. The van der Waals surface area contributed by atoms with E-state index in [1.807, 2.05) is 13.8 Å². The van der Waals surface area contributed by atoms with Gasteiger partial charge >= 0.3 is 0 Å². The molecule has 0 fully saturated rings. The molecule has 0 atom stereocenters. The maximum atomic E-state index is 9.98. The van der Waals surface area contributed by atoms with Crippen LogP contribution in [0.15, 0.2) is 24.3 Å². The molecule has 0 aliphatic rings. The number of benzene rings is 2. The van der Waals surface area contributed by atoms with Gasteiger partial charge in [0.1, 0.15) is 0 Å². The highest BCUT2D eigenvalue weighted by Gasteiger charge is 2.12. The number of aryl methyl sites for hydroxylation is 2. The molecule has 0 bridgehead atoms. The lowest BCUT2D eigenvalue weighted by Crippen LogP contribution is -1.96. The van der Waals surface area contributed by atoms with Gasteiger partial charge in [-0.2, -0.15) is 0 Å². The van der Waals surface area contributed by atoms with Crippen molar-refractivity contribution in [2.24, 2.45) is 0 Å². The zero-order valence-corrected chi connectivity index (χ0v) is 12.9. The highest BCUT2D eigenvalue weighted by molar-refractivity contribution is 5.52. The summed E-state index contributed by atoms with van der Waals surface area (Å²) in [6, 6.07) is 6.52. The summed E-state index contributed by atoms with van der Waals surface area (Å²) < 4.78 is 0. The molecule has 2 aromatic rings. The molecule has 0 radical (unpaired) electrons. The zero-order valence-electron chi connectivity index (χ0n) is 12.9. The third-order valence-electron chi connectivity index (χ3n) is 4.15. The van der Waals surface area contributed by atoms with E-state index in [9.17, 15) is 20.4 Å². The first kappa shape index (κ1) is 16.0. The van der Waals surface area contributed by atoms with Crippen molar-refractivity contribution in [3.63, 3.8) is 0 Å². The fraction of sp³-hybridized carbons (Fsp3) is 0.333. The molecule has 118 valence electrons. The second-order valence-corrected chi connectivity index (χ2v) is 5.66. The number of unbranched alkanes of at least 4 members (excludes halogenated alkanes) is 1. The van der Waals surface area contributed by atoms with Crippen molar-refractivity contribution in [2.75, 3.05) is 0 Å². The molecule has 0 aliphatic heterocycles. The minimum atomic E-state index is -0.102. The molecule has 2 aromatic carbocycles. The standard InChI is InChI=1S/C18H22O4/c1-11-10-16(20)18(22)14(12(11)2)8-4-3-6-13-7-5-9-15(19)17(13)21/h5,7,9-10,19-22H,3-4,6,8H2,1-2H3. The fourth-order valence-electron chi connectivity index (χ4n) is 2.65. The summed E-state index contributed by atoms with van der Waals surface area (Å²) in [6.07, 6.45) is 2.93. The van der Waals surface area contributed by atoms with Crippen LogP contribution < -0.4 is 0 Å². The Morgan fingerprint density at radius 3 is 2.23 bits per heavy atom. The Labute approximate surface area is 130 Å². The van der Waals surface area contributed by atoms with Crippen LogP contribution in [0.2, 0.25) is 0 Å². The fourth-order valence-corrected chi connectivity index (χ4v) is 2.65. The van der Waals surface area contributed by atoms with Crippen LogP contribution in [0.1, 0.15) is 35.1 Å². The summed E-state index contributed by atoms with van der Waals surface area (Å²) in [4.78, 5) is 0. The zero-order chi connectivity index (χ0) is 16.3. The number of phenols is 4. The molecule has 4 N–H and O–H groups in total. The van der Waals surface area contributed by atoms with E-state index >= 15 is 0 Å². The quantitative estimate of drug-likeness (QED) is 0.501. The predicted molar refractivity (Wildman–Crippen MR) is 85.7 cm³/mol. The minimum Gasteiger partial charge on any atom is -0.504 e. The number of phenolic OH excluding ortho intramolecular Hbond substituents is 4. The third kappa shape index (κ3) is 3.27. The van der Waals surface area contributed by atoms with Crippen molar-refractivity contribution in [1.82, 2.24) is 0 Å². The molecule has 0 spiro atoms. The van der Waals surface area contributed by atoms with Crippen LogP contribution in [0.25, 0.3) is 0 Å². The first-order valence-corrected chi connectivity index (χ1v) is 7.42. The summed E-state index contributed by atoms with van der Waals surface area (Å²) >= 11 is 0. The Kier molecular flexibility index (Phi) is 4.81. The Morgan fingerprint density at radius 2 is 1.50 bits per heavy atom. The van der Waals surface area contributed by atoms with Gasteiger partial charge in [-0.1, -0.05) is 12.1 Å². The Bertz CT molecular complexity index is 651. The average molecular weight is 302 g/mol. The normalized spacial score (nSPS) is 10.8. The van der Waals surface area contributed by atoms with E-state index in [-0.39, 0.29) is 23.0 Å². The lowest BCUT2D eigenvalue weighted by molar-refractivity contribution is 0.396. The highest BCUT2D eigenvalue weighted by atomic mass is 16.3. The molecule has 0 heterocycles. The van der Waals surface area contributed by atoms with Gasteiger partial charge in [0, 0.05) is 5.56 Å². The molecule has 0 aliphatic carbocycles. The van der Waals surface area contributed by atoms with Gasteiger partial charge in [-0.25, -0.2) is 0 Å². The van der Waals surface area contributed by atoms with Crippen LogP contribution in [0, 0.1) is 13.8 Å². The Hall–Kier alpha value is -2.36. The molecular weight excluding hydrogens is 280 g/mol. The number of rotatable bonds is 5. The summed E-state index contributed by atoms with van der Waals surface area (Å²) in [5, 5.41) is 38.9. The Balaban J connectivity index is 1.99. The molecule has 22 heavy (non-hydrogen) atoms. The first-order valence-electron chi connectivity index (χ1n) is 7.42. The molecule has 2 rings (SSSR count). The summed E-state index contributed by atoms with van der Waals surface area (Å²) in [7, 11) is 0. The molecule has 4 nitrogen and oxygen atoms in total. The topological polar surface area (TPSA) is 80.9 Å². The van der Waals surface area contributed by atoms with Crippen LogP contribution >= 0.6 is 0 Å². The lowest BCUT2D eigenvalue weighted by Gasteiger charge is -2.13. The van der Waals surface area contributed by atoms with Crippen LogP contribution in [0.4, 0.5) is 0 Å². The maximum absolute atomic E-state index is 9.98. The summed E-state index contributed by atoms with van der Waals surface area (Å²) in [5.74, 6) is -0.281. The van der Waals surface area contributed by atoms with E-state index in [0.29, 0.717) is 18.4 Å². The molecule has 4 heteroatoms. The predicted octanol–water partition coefficient (Wildman–Crippen LogP) is 3.69. The van der Waals surface area contributed by atoms with Crippen molar-refractivity contribution in [3.8, 4) is 23.0 Å². The van der Waals surface area contributed by atoms with Crippen molar-refractivity contribution < 1.29 is 20.4 Å². The average Bonchev–Trinajstić information content (AvgIpc) is 2.48. The number of para-hydroxylation sites is 1. The van der Waals surface area contributed by atoms with Gasteiger partial charge in [-0.15, -0.1) is 0 Å². The van der Waals surface area contributed by atoms with Gasteiger partial charge in [0.25, 0.3) is 0 Å². The first-order chi connectivity index (χ1) is 10.4. The SMILES string of the molecule is Cc1cc(O)c(O)c(CCCCc2cccc(O)c2O)c1C. The smallest absolute Gasteiger partial charge is 0.160 e. The van der Waals surface area contributed by atoms with Gasteiger partial charge in [0.05, 0.1) is 0 Å². The lowest BCUT2D eigenvalue weighted by atomic mass is 9.96. The van der Waals surface area contributed by atoms with Gasteiger partial charge in [0.2, 0.25) is 0 Å². The largest absolute Gasteiger partial charge is 0.504 e. The van der Waals surface area contributed by atoms with Gasteiger partial charge < -0.3 is 20.4 Å². The molecule has 0 unspecified atom stereocenters. The number of aromatic hydroxyl groups is 4. The van der Waals surface area contributed by atoms with E-state index < -0.39 is 0 Å². The van der Waals surface area contributed by atoms with Crippen molar-refractivity contribution in [1.29, 1.82) is 0 Å². The van der Waals surface area contributed by atoms with Gasteiger partial charge in [0.15, 0.2) is 23.0 Å². The van der Waals surface area contributed by atoms with E-state index in [1.54, 1.807) is 18.2 Å². The maximum Gasteiger partial charge on any atom is 0.160 e. The van der Waals surface area contributed by atoms with Crippen molar-refractivity contribution >= 4 is 0 Å². The molecule has 0 saturated heterocycles. The van der Waals surface area contributed by atoms with Crippen LogP contribution in [0.5, 0.6) is 23.0 Å². The second kappa shape index (κ2) is 6.60. The monoisotopic (exact) mass is 302 g/mol. The van der Waals surface area contributed by atoms with Crippen LogP contribution in [-0.4, -0.2) is 20.4 Å². The minimum absolute atomic E-state index is 0.0386. The number of hydrogen-bond acceptors (Lipinski definition) is 4. The third-order valence-corrected chi connectivity index (χ3v) is 4.15. The van der Waals surface area contributed by atoms with E-state index in [2.05, 4.69) is 0 Å². The van der Waals surface area contributed by atoms with Crippen LogP contribution in [0.3, 0.4) is 0 Å². The highest BCUT2D eigenvalue weighted by Crippen LogP contribution is 2.35. The molecule has 0 aromatic heterocycles. The Morgan fingerprint density at radius 1 is 0.818 bits per heavy atom.